The van der Waals surface area contributed by atoms with Gasteiger partial charge in [-0.15, -0.1) is 0 Å². The maximum Gasteiger partial charge on any atom is 0.0619 e. The van der Waals surface area contributed by atoms with Gasteiger partial charge in [0.05, 0.1) is 11.2 Å². The first-order valence-corrected chi connectivity index (χ1v) is 12.9. The Kier molecular flexibility index (Phi) is 7.16. The zero-order valence-corrected chi connectivity index (χ0v) is 20.3. The fourth-order valence-electron chi connectivity index (χ4n) is 7.96. The van der Waals surface area contributed by atoms with Crippen LogP contribution in [0.5, 0.6) is 0 Å². The van der Waals surface area contributed by atoms with Gasteiger partial charge in [-0.05, 0) is 126 Å². The van der Waals surface area contributed by atoms with Crippen LogP contribution in [0.4, 0.5) is 0 Å². The van der Waals surface area contributed by atoms with Gasteiger partial charge in [-0.1, -0.05) is 33.6 Å². The summed E-state index contributed by atoms with van der Waals surface area (Å²) >= 11 is 0. The molecule has 0 spiro atoms. The van der Waals surface area contributed by atoms with Crippen LogP contribution in [-0.4, -0.2) is 21.4 Å². The second-order valence-electron chi connectivity index (χ2n) is 12.7. The van der Waals surface area contributed by atoms with Crippen LogP contribution in [0.25, 0.3) is 0 Å². The van der Waals surface area contributed by atoms with Crippen LogP contribution >= 0.6 is 0 Å². The molecule has 0 aromatic heterocycles. The molecule has 0 radical (unpaired) electrons. The summed E-state index contributed by atoms with van der Waals surface area (Å²) in [5, 5.41) is 20.9. The fraction of sp³-hybridized carbons (Fsp3) is 1.00. The zero-order valence-electron chi connectivity index (χ0n) is 20.3. The Hall–Kier alpha value is -0.0800. The highest BCUT2D eigenvalue weighted by Crippen LogP contribution is 2.63. The lowest BCUT2D eigenvalue weighted by atomic mass is 9.53. The molecule has 0 saturated heterocycles. The molecule has 3 aliphatic carbocycles. The molecule has 0 aromatic rings. The van der Waals surface area contributed by atoms with Crippen molar-refractivity contribution < 1.29 is 10.2 Å². The summed E-state index contributed by atoms with van der Waals surface area (Å²) in [7, 11) is 0. The van der Waals surface area contributed by atoms with Crippen LogP contribution in [0, 0.1) is 40.9 Å². The van der Waals surface area contributed by atoms with E-state index in [4.69, 9.17) is 0 Å². The molecule has 2 nitrogen and oxygen atoms in total. The quantitative estimate of drug-likeness (QED) is 0.529. The lowest BCUT2D eigenvalue weighted by Crippen LogP contribution is -2.45. The molecule has 3 fully saturated rings. The summed E-state index contributed by atoms with van der Waals surface area (Å²) in [6.45, 7) is 13.6. The Morgan fingerprint density at radius 2 is 1.66 bits per heavy atom. The van der Waals surface area contributed by atoms with Crippen molar-refractivity contribution in [2.45, 2.75) is 130 Å². The molecule has 2 heteroatoms. The normalized spacial score (nSPS) is 45.3. The van der Waals surface area contributed by atoms with Crippen molar-refractivity contribution >= 4 is 0 Å². The topological polar surface area (TPSA) is 40.5 Å². The summed E-state index contributed by atoms with van der Waals surface area (Å²) in [6.07, 6.45) is 14.8. The van der Waals surface area contributed by atoms with Crippen LogP contribution in [0.3, 0.4) is 0 Å². The van der Waals surface area contributed by atoms with Gasteiger partial charge >= 0.3 is 0 Å². The van der Waals surface area contributed by atoms with E-state index in [0.29, 0.717) is 5.41 Å². The van der Waals surface area contributed by atoms with Crippen LogP contribution < -0.4 is 0 Å². The first-order valence-electron chi connectivity index (χ1n) is 12.9. The standard InChI is InChI=1S/C27H50O2/c1-19-13-17-26(5,29)15-8-7-9-22-21(19)14-18-27(6)23(10-11-24(22)27)20(2)12-16-25(3,4)28/h19-24,28-29H,7-18H2,1-6H3. The number of aliphatic hydroxyl groups is 2. The minimum atomic E-state index is -0.530. The van der Waals surface area contributed by atoms with Crippen molar-refractivity contribution in [2.24, 2.45) is 40.9 Å². The highest BCUT2D eigenvalue weighted by Gasteiger charge is 2.55. The minimum absolute atomic E-state index is 0.446. The fourth-order valence-corrected chi connectivity index (χ4v) is 7.96. The van der Waals surface area contributed by atoms with E-state index in [1.54, 1.807) is 0 Å². The average Bonchev–Trinajstić information content (AvgIpc) is 2.97. The maximum atomic E-state index is 10.7. The maximum absolute atomic E-state index is 10.7. The number of rotatable bonds is 4. The molecule has 0 heterocycles. The van der Waals surface area contributed by atoms with E-state index in [-0.39, 0.29) is 0 Å². The Morgan fingerprint density at radius 1 is 0.931 bits per heavy atom. The minimum Gasteiger partial charge on any atom is -0.390 e. The van der Waals surface area contributed by atoms with E-state index >= 15 is 0 Å². The van der Waals surface area contributed by atoms with Gasteiger partial charge in [0.1, 0.15) is 0 Å². The second kappa shape index (κ2) is 8.81. The summed E-state index contributed by atoms with van der Waals surface area (Å²) in [5.74, 6) is 4.98. The molecule has 3 rings (SSSR count). The molecule has 8 unspecified atom stereocenters. The van der Waals surface area contributed by atoms with Gasteiger partial charge in [0.25, 0.3) is 0 Å². The Labute approximate surface area is 181 Å². The average molecular weight is 407 g/mol. The molecule has 0 aliphatic heterocycles. The van der Waals surface area contributed by atoms with Crippen LogP contribution in [-0.2, 0) is 0 Å². The number of hydrogen-bond donors (Lipinski definition) is 2. The molecule has 0 amide bonds. The third-order valence-electron chi connectivity index (χ3n) is 9.84. The zero-order chi connectivity index (χ0) is 21.4. The van der Waals surface area contributed by atoms with Crippen molar-refractivity contribution in [1.29, 1.82) is 0 Å². The van der Waals surface area contributed by atoms with E-state index in [9.17, 15) is 10.2 Å². The first-order chi connectivity index (χ1) is 13.4. The largest absolute Gasteiger partial charge is 0.390 e. The molecule has 29 heavy (non-hydrogen) atoms. The molecule has 0 bridgehead atoms. The van der Waals surface area contributed by atoms with Gasteiger partial charge in [0.2, 0.25) is 0 Å². The van der Waals surface area contributed by atoms with Gasteiger partial charge in [0.15, 0.2) is 0 Å². The van der Waals surface area contributed by atoms with Crippen molar-refractivity contribution in [3.8, 4) is 0 Å². The van der Waals surface area contributed by atoms with Gasteiger partial charge in [-0.25, -0.2) is 0 Å². The molecule has 3 saturated carbocycles. The smallest absolute Gasteiger partial charge is 0.0619 e. The predicted octanol–water partition coefficient (Wildman–Crippen LogP) is 6.97. The van der Waals surface area contributed by atoms with Crippen LogP contribution in [0.2, 0.25) is 0 Å². The highest BCUT2D eigenvalue weighted by molar-refractivity contribution is 5.04. The number of fused-ring (bicyclic) bond motifs is 3. The SMILES string of the molecule is CC1CCC(C)(O)CCCCC2C1CCC1(C)C(C(C)CCC(C)(C)O)CCC21. The molecule has 2 N–H and O–H groups in total. The van der Waals surface area contributed by atoms with Crippen molar-refractivity contribution in [3.63, 3.8) is 0 Å². The van der Waals surface area contributed by atoms with Gasteiger partial charge in [-0.3, -0.25) is 0 Å². The summed E-state index contributed by atoms with van der Waals surface area (Å²) in [6, 6.07) is 0. The van der Waals surface area contributed by atoms with Crippen molar-refractivity contribution in [2.75, 3.05) is 0 Å². The summed E-state index contributed by atoms with van der Waals surface area (Å²) in [4.78, 5) is 0. The Bertz CT molecular complexity index is 533. The lowest BCUT2D eigenvalue weighted by molar-refractivity contribution is -0.0388. The highest BCUT2D eigenvalue weighted by atomic mass is 16.3. The van der Waals surface area contributed by atoms with Crippen LogP contribution in [0.15, 0.2) is 0 Å². The first kappa shape index (κ1) is 23.6. The monoisotopic (exact) mass is 406 g/mol. The molecule has 3 aliphatic rings. The van der Waals surface area contributed by atoms with Crippen LogP contribution in [0.1, 0.15) is 119 Å². The van der Waals surface area contributed by atoms with E-state index < -0.39 is 11.2 Å². The second-order valence-corrected chi connectivity index (χ2v) is 12.7. The number of hydrogen-bond acceptors (Lipinski definition) is 2. The molecule has 170 valence electrons. The molecular formula is C27H50O2. The third-order valence-corrected chi connectivity index (χ3v) is 9.84. The van der Waals surface area contributed by atoms with Gasteiger partial charge in [-0.2, -0.15) is 0 Å². The predicted molar refractivity (Wildman–Crippen MR) is 123 cm³/mol. The summed E-state index contributed by atoms with van der Waals surface area (Å²) < 4.78 is 0. The lowest BCUT2D eigenvalue weighted by Gasteiger charge is -2.52. The molecule has 0 aromatic carbocycles. The van der Waals surface area contributed by atoms with Crippen molar-refractivity contribution in [3.05, 3.63) is 0 Å². The molecule has 8 atom stereocenters. The third kappa shape index (κ3) is 5.40. The summed E-state index contributed by atoms with van der Waals surface area (Å²) in [5.41, 5.74) is -0.466. The van der Waals surface area contributed by atoms with E-state index in [1.807, 2.05) is 13.8 Å². The Balaban J connectivity index is 1.72. The van der Waals surface area contributed by atoms with Crippen molar-refractivity contribution in [1.82, 2.24) is 0 Å². The van der Waals surface area contributed by atoms with Gasteiger partial charge < -0.3 is 10.2 Å². The van der Waals surface area contributed by atoms with E-state index in [2.05, 4.69) is 27.7 Å². The van der Waals surface area contributed by atoms with Gasteiger partial charge in [0, 0.05) is 0 Å². The Morgan fingerprint density at radius 3 is 2.34 bits per heavy atom. The molecular weight excluding hydrogens is 356 g/mol. The van der Waals surface area contributed by atoms with E-state index in [0.717, 1.165) is 61.2 Å². The van der Waals surface area contributed by atoms with E-state index in [1.165, 1.54) is 51.4 Å².